The molecule has 0 unspecified atom stereocenters. The Morgan fingerprint density at radius 3 is 3.43 bits per heavy atom. The summed E-state index contributed by atoms with van der Waals surface area (Å²) in [5.74, 6) is -0.668. The number of hydrogen-bond donors (Lipinski definition) is 1. The van der Waals surface area contributed by atoms with Crippen LogP contribution in [0.3, 0.4) is 0 Å². The predicted octanol–water partition coefficient (Wildman–Crippen LogP) is 1.46. The van der Waals surface area contributed by atoms with Gasteiger partial charge < -0.3 is 5.32 Å². The summed E-state index contributed by atoms with van der Waals surface area (Å²) in [5.41, 5.74) is 0.767. The lowest BCUT2D eigenvalue weighted by molar-refractivity contribution is 0.0964. The molecule has 2 rings (SSSR count). The van der Waals surface area contributed by atoms with Crippen LogP contribution in [0.1, 0.15) is 14.5 Å². The van der Waals surface area contributed by atoms with E-state index < -0.39 is 12.9 Å². The molecule has 0 aliphatic rings. The average molecular weight is 257 g/mol. The highest BCUT2D eigenvalue weighted by Crippen LogP contribution is 2.16. The highest BCUT2D eigenvalue weighted by molar-refractivity contribution is 9.10. The van der Waals surface area contributed by atoms with Crippen LogP contribution in [0.25, 0.3) is 5.52 Å². The zero-order valence-corrected chi connectivity index (χ0v) is 8.58. The van der Waals surface area contributed by atoms with Gasteiger partial charge in [-0.3, -0.25) is 4.79 Å². The molecule has 0 spiro atoms. The van der Waals surface area contributed by atoms with Crippen molar-refractivity contribution >= 4 is 27.4 Å². The molecule has 0 aliphatic heterocycles. The number of aromatic nitrogens is 2. The Morgan fingerprint density at radius 1 is 1.79 bits per heavy atom. The van der Waals surface area contributed by atoms with Crippen molar-refractivity contribution in [1.82, 2.24) is 14.9 Å². The van der Waals surface area contributed by atoms with E-state index in [-0.39, 0.29) is 5.56 Å². The number of nitrogens with one attached hydrogen (secondary N) is 1. The van der Waals surface area contributed by atoms with Gasteiger partial charge >= 0.3 is 0 Å². The molecule has 0 aromatic carbocycles. The molecular formula is C9H8BrN3O. The maximum absolute atomic E-state index is 11.7. The lowest BCUT2D eigenvalue weighted by Gasteiger charge is -1.97. The quantitative estimate of drug-likeness (QED) is 0.840. The molecule has 0 aliphatic carbocycles. The molecule has 1 amide bonds. The Balaban J connectivity index is 2.42. The number of carbonyl (C=O) groups excluding carboxylic acids is 1. The molecule has 0 saturated carbocycles. The SMILES string of the molecule is [2H]C([2H])([2H])NC(=O)c1cnn2ccc(Br)cc12. The van der Waals surface area contributed by atoms with Crippen molar-refractivity contribution in [1.29, 1.82) is 0 Å². The zero-order chi connectivity index (χ0) is 12.6. The highest BCUT2D eigenvalue weighted by atomic mass is 79.9. The van der Waals surface area contributed by atoms with Crippen LogP contribution in [0.5, 0.6) is 0 Å². The van der Waals surface area contributed by atoms with E-state index in [0.29, 0.717) is 5.52 Å². The minimum atomic E-state index is -2.50. The standard InChI is InChI=1S/C9H8BrN3O/c1-11-9(14)7-5-12-13-3-2-6(10)4-8(7)13/h2-5H,1H3,(H,11,14)/i1D3. The van der Waals surface area contributed by atoms with E-state index in [2.05, 4.69) is 21.0 Å². The minimum Gasteiger partial charge on any atom is -0.355 e. The van der Waals surface area contributed by atoms with E-state index in [4.69, 9.17) is 4.11 Å². The van der Waals surface area contributed by atoms with Crippen molar-refractivity contribution < 1.29 is 8.91 Å². The summed E-state index contributed by atoms with van der Waals surface area (Å²) in [5, 5.41) is 5.89. The predicted molar refractivity (Wildman–Crippen MR) is 56.3 cm³/mol. The topological polar surface area (TPSA) is 46.4 Å². The second kappa shape index (κ2) is 3.42. The van der Waals surface area contributed by atoms with Gasteiger partial charge in [0.1, 0.15) is 0 Å². The van der Waals surface area contributed by atoms with Gasteiger partial charge in [0, 0.05) is 21.8 Å². The first-order chi connectivity index (χ1) is 7.87. The van der Waals surface area contributed by atoms with Crippen molar-refractivity contribution in [2.45, 2.75) is 0 Å². The monoisotopic (exact) mass is 256 g/mol. The van der Waals surface area contributed by atoms with Gasteiger partial charge in [-0.25, -0.2) is 4.52 Å². The van der Waals surface area contributed by atoms with Crippen LogP contribution in [-0.4, -0.2) is 22.5 Å². The van der Waals surface area contributed by atoms with Crippen molar-refractivity contribution in [3.05, 3.63) is 34.6 Å². The van der Waals surface area contributed by atoms with Crippen molar-refractivity contribution in [3.63, 3.8) is 0 Å². The Hall–Kier alpha value is -1.36. The van der Waals surface area contributed by atoms with Crippen LogP contribution >= 0.6 is 15.9 Å². The summed E-state index contributed by atoms with van der Waals surface area (Å²) in [4.78, 5) is 11.7. The summed E-state index contributed by atoms with van der Waals surface area (Å²) < 4.78 is 23.2. The molecular weight excluding hydrogens is 246 g/mol. The minimum absolute atomic E-state index is 0.224. The van der Waals surface area contributed by atoms with E-state index in [0.717, 1.165) is 4.47 Å². The maximum Gasteiger partial charge on any atom is 0.254 e. The van der Waals surface area contributed by atoms with Crippen LogP contribution < -0.4 is 5.32 Å². The van der Waals surface area contributed by atoms with Crippen LogP contribution in [0, 0.1) is 0 Å². The van der Waals surface area contributed by atoms with E-state index in [9.17, 15) is 4.79 Å². The van der Waals surface area contributed by atoms with Crippen LogP contribution in [0.15, 0.2) is 29.0 Å². The molecule has 0 atom stereocenters. The first-order valence-electron chi connectivity index (χ1n) is 5.32. The maximum atomic E-state index is 11.7. The van der Waals surface area contributed by atoms with Crippen LogP contribution in [0.2, 0.25) is 0 Å². The van der Waals surface area contributed by atoms with Gasteiger partial charge in [0.2, 0.25) is 0 Å². The number of rotatable bonds is 1. The zero-order valence-electron chi connectivity index (χ0n) is 9.99. The Bertz CT molecular complexity index is 578. The third kappa shape index (κ3) is 1.39. The molecule has 5 heteroatoms. The second-order valence-electron chi connectivity index (χ2n) is 2.69. The number of carbonyl (C=O) groups is 1. The van der Waals surface area contributed by atoms with Crippen molar-refractivity contribution in [3.8, 4) is 0 Å². The van der Waals surface area contributed by atoms with E-state index in [1.54, 1.807) is 18.3 Å². The highest BCUT2D eigenvalue weighted by Gasteiger charge is 2.10. The average Bonchev–Trinajstić information content (AvgIpc) is 2.57. The van der Waals surface area contributed by atoms with Crippen molar-refractivity contribution in [2.24, 2.45) is 0 Å². The summed E-state index contributed by atoms with van der Waals surface area (Å²) in [6.45, 7) is -2.50. The van der Waals surface area contributed by atoms with E-state index in [1.165, 1.54) is 10.7 Å². The smallest absolute Gasteiger partial charge is 0.254 e. The van der Waals surface area contributed by atoms with Gasteiger partial charge in [-0.15, -0.1) is 0 Å². The first-order valence-corrected chi connectivity index (χ1v) is 4.61. The van der Waals surface area contributed by atoms with Gasteiger partial charge in [-0.1, -0.05) is 15.9 Å². The molecule has 4 nitrogen and oxygen atoms in total. The van der Waals surface area contributed by atoms with Gasteiger partial charge in [0.05, 0.1) is 17.3 Å². The number of pyridine rings is 1. The largest absolute Gasteiger partial charge is 0.355 e. The second-order valence-corrected chi connectivity index (χ2v) is 3.60. The lowest BCUT2D eigenvalue weighted by Crippen LogP contribution is -2.17. The lowest BCUT2D eigenvalue weighted by atomic mass is 10.2. The molecule has 2 aromatic heterocycles. The van der Waals surface area contributed by atoms with E-state index >= 15 is 0 Å². The molecule has 1 N–H and O–H groups in total. The fourth-order valence-electron chi connectivity index (χ4n) is 1.20. The molecule has 0 fully saturated rings. The normalized spacial score (nSPS) is 14.5. The van der Waals surface area contributed by atoms with Gasteiger partial charge in [-0.05, 0) is 12.1 Å². The molecule has 14 heavy (non-hydrogen) atoms. The Labute approximate surface area is 93.3 Å². The fourth-order valence-corrected chi connectivity index (χ4v) is 1.53. The van der Waals surface area contributed by atoms with E-state index in [1.807, 2.05) is 5.32 Å². The van der Waals surface area contributed by atoms with Crippen molar-refractivity contribution in [2.75, 3.05) is 6.98 Å². The molecule has 2 heterocycles. The molecule has 0 radical (unpaired) electrons. The summed E-state index contributed by atoms with van der Waals surface area (Å²) in [7, 11) is 0. The number of hydrogen-bond acceptors (Lipinski definition) is 2. The Morgan fingerprint density at radius 2 is 2.64 bits per heavy atom. The van der Waals surface area contributed by atoms with Crippen LogP contribution in [0.4, 0.5) is 0 Å². The number of fused-ring (bicyclic) bond motifs is 1. The number of nitrogens with zero attached hydrogens (tertiary/aromatic N) is 2. The fraction of sp³-hybridized carbons (Fsp3) is 0.111. The van der Waals surface area contributed by atoms with Crippen LogP contribution in [-0.2, 0) is 0 Å². The third-order valence-electron chi connectivity index (χ3n) is 1.84. The third-order valence-corrected chi connectivity index (χ3v) is 2.33. The van der Waals surface area contributed by atoms with Gasteiger partial charge in [0.15, 0.2) is 0 Å². The summed E-state index contributed by atoms with van der Waals surface area (Å²) in [6.07, 6.45) is 3.01. The molecule has 0 bridgehead atoms. The van der Waals surface area contributed by atoms with Gasteiger partial charge in [0.25, 0.3) is 5.91 Å². The summed E-state index contributed by atoms with van der Waals surface area (Å²) in [6, 6.07) is 3.47. The number of amides is 1. The van der Waals surface area contributed by atoms with Gasteiger partial charge in [-0.2, -0.15) is 5.10 Å². The Kier molecular flexibility index (Phi) is 1.51. The molecule has 0 saturated heterocycles. The molecule has 72 valence electrons. The number of halogens is 1. The molecule has 2 aromatic rings. The summed E-state index contributed by atoms with van der Waals surface area (Å²) >= 11 is 3.28. The first kappa shape index (κ1) is 6.19.